The summed E-state index contributed by atoms with van der Waals surface area (Å²) in [6, 6.07) is 4.55. The fourth-order valence-electron chi connectivity index (χ4n) is 5.63. The van der Waals surface area contributed by atoms with Gasteiger partial charge in [0.05, 0.1) is 23.8 Å². The molecular formula is C34H45ClF2N6O4. The lowest BCUT2D eigenvalue weighted by atomic mass is 9.97. The second-order valence-corrected chi connectivity index (χ2v) is 12.1. The number of rotatable bonds is 11. The van der Waals surface area contributed by atoms with E-state index in [1.807, 2.05) is 27.9 Å². The highest BCUT2D eigenvalue weighted by Gasteiger charge is 2.35. The molecular weight excluding hydrogens is 630 g/mol. The Kier molecular flexibility index (Phi) is 14.3. The van der Waals surface area contributed by atoms with Gasteiger partial charge >= 0.3 is 0 Å². The summed E-state index contributed by atoms with van der Waals surface area (Å²) in [5.74, 6) is -0.912. The molecule has 13 heteroatoms. The average molecular weight is 675 g/mol. The number of aliphatic imine (C=N–C) groups is 1. The Hall–Kier alpha value is -3.87. The molecule has 2 aliphatic rings. The monoisotopic (exact) mass is 674 g/mol. The lowest BCUT2D eigenvalue weighted by molar-refractivity contribution is -0.130. The van der Waals surface area contributed by atoms with Crippen LogP contribution in [0.15, 0.2) is 41.9 Å². The second kappa shape index (κ2) is 17.9. The van der Waals surface area contributed by atoms with E-state index in [2.05, 4.69) is 33.5 Å². The first-order valence-electron chi connectivity index (χ1n) is 15.7. The molecule has 10 nitrogen and oxygen atoms in total. The number of carbonyl (C=O) groups is 3. The number of fused-ring (bicyclic) bond motifs is 2. The van der Waals surface area contributed by atoms with Gasteiger partial charge in [-0.25, -0.2) is 8.78 Å². The molecule has 0 saturated carbocycles. The number of amidine groups is 1. The van der Waals surface area contributed by atoms with Crippen LogP contribution >= 0.6 is 11.6 Å². The smallest absolute Gasteiger partial charge is 0.246 e. The quantitative estimate of drug-likeness (QED) is 0.276. The van der Waals surface area contributed by atoms with Crippen molar-refractivity contribution in [1.82, 2.24) is 19.6 Å². The van der Waals surface area contributed by atoms with Crippen LogP contribution in [0.25, 0.3) is 11.1 Å². The Balaban J connectivity index is 0.000000426. The SMILES string of the molecule is C=CC(=O)N1CC(C)N(C2=NCCOc3c(NC=O)c2cc(Cl)c3-c2ccc(F)cc2F)C[C@H]1C.CCCN(CC=O)CCN(C)C. The van der Waals surface area contributed by atoms with Gasteiger partial charge in [0.1, 0.15) is 30.4 Å². The van der Waals surface area contributed by atoms with E-state index in [9.17, 15) is 23.2 Å². The van der Waals surface area contributed by atoms with Gasteiger partial charge in [0.25, 0.3) is 0 Å². The van der Waals surface area contributed by atoms with Crippen LogP contribution in [-0.4, -0.2) is 123 Å². The molecule has 47 heavy (non-hydrogen) atoms. The van der Waals surface area contributed by atoms with Crippen LogP contribution in [-0.2, 0) is 14.4 Å². The Morgan fingerprint density at radius 2 is 1.87 bits per heavy atom. The van der Waals surface area contributed by atoms with E-state index in [1.165, 1.54) is 12.1 Å². The van der Waals surface area contributed by atoms with Crippen molar-refractivity contribution < 1.29 is 27.9 Å². The molecule has 1 unspecified atom stereocenters. The summed E-state index contributed by atoms with van der Waals surface area (Å²) in [4.78, 5) is 47.0. The van der Waals surface area contributed by atoms with Crippen LogP contribution in [0.2, 0.25) is 5.02 Å². The minimum atomic E-state index is -0.807. The predicted octanol–water partition coefficient (Wildman–Crippen LogP) is 4.56. The third kappa shape index (κ3) is 9.59. The lowest BCUT2D eigenvalue weighted by Gasteiger charge is -2.45. The number of anilines is 1. The number of benzene rings is 2. The molecule has 0 aliphatic carbocycles. The molecule has 1 N–H and O–H groups in total. The number of hydrogen-bond acceptors (Lipinski definition) is 8. The number of nitrogens with one attached hydrogen (secondary N) is 1. The molecule has 2 atom stereocenters. The zero-order valence-electron chi connectivity index (χ0n) is 27.8. The summed E-state index contributed by atoms with van der Waals surface area (Å²) in [6.07, 6.45) is 3.89. The van der Waals surface area contributed by atoms with Gasteiger partial charge in [-0.2, -0.15) is 0 Å². The molecule has 0 radical (unpaired) electrons. The fourth-order valence-corrected chi connectivity index (χ4v) is 5.92. The molecule has 2 amide bonds. The van der Waals surface area contributed by atoms with Crippen molar-refractivity contribution in [2.75, 3.05) is 71.8 Å². The number of hydrogen-bond donors (Lipinski definition) is 1. The fraction of sp³-hybridized carbons (Fsp3) is 0.471. The van der Waals surface area contributed by atoms with Gasteiger partial charge in [0.2, 0.25) is 12.3 Å². The number of halogens is 3. The highest BCUT2D eigenvalue weighted by molar-refractivity contribution is 6.35. The summed E-state index contributed by atoms with van der Waals surface area (Å²) in [7, 11) is 4.09. The van der Waals surface area contributed by atoms with E-state index in [-0.39, 0.29) is 52.2 Å². The molecule has 256 valence electrons. The van der Waals surface area contributed by atoms with E-state index >= 15 is 0 Å². The molecule has 2 aromatic carbocycles. The van der Waals surface area contributed by atoms with Crippen molar-refractivity contribution in [3.63, 3.8) is 0 Å². The highest BCUT2D eigenvalue weighted by Crippen LogP contribution is 2.46. The topological polar surface area (TPSA) is 97.8 Å². The molecule has 1 saturated heterocycles. The van der Waals surface area contributed by atoms with Crippen molar-refractivity contribution >= 4 is 41.7 Å². The summed E-state index contributed by atoms with van der Waals surface area (Å²) < 4.78 is 34.2. The lowest BCUT2D eigenvalue weighted by Crippen LogP contribution is -2.59. The molecule has 1 fully saturated rings. The van der Waals surface area contributed by atoms with Crippen LogP contribution in [0.1, 0.15) is 32.8 Å². The van der Waals surface area contributed by atoms with E-state index in [4.69, 9.17) is 21.3 Å². The third-order valence-corrected chi connectivity index (χ3v) is 8.23. The maximum Gasteiger partial charge on any atom is 0.246 e. The number of ether oxygens (including phenoxy) is 1. The van der Waals surface area contributed by atoms with Crippen molar-refractivity contribution in [1.29, 1.82) is 0 Å². The van der Waals surface area contributed by atoms with Crippen LogP contribution in [0.5, 0.6) is 5.75 Å². The number of aldehydes is 1. The van der Waals surface area contributed by atoms with E-state index in [1.54, 1.807) is 11.0 Å². The van der Waals surface area contributed by atoms with Gasteiger partial charge in [0.15, 0.2) is 5.75 Å². The highest BCUT2D eigenvalue weighted by atomic mass is 35.5. The summed E-state index contributed by atoms with van der Waals surface area (Å²) in [5, 5.41) is 2.83. The number of likely N-dealkylation sites (N-methyl/N-ethyl adjacent to an activating group) is 1. The molecule has 2 aliphatic heterocycles. The zero-order chi connectivity index (χ0) is 34.7. The van der Waals surface area contributed by atoms with Gasteiger partial charge in [-0.15, -0.1) is 0 Å². The van der Waals surface area contributed by atoms with Gasteiger partial charge in [-0.3, -0.25) is 19.5 Å². The Labute approximate surface area is 281 Å². The maximum atomic E-state index is 14.7. The average Bonchev–Trinajstić information content (AvgIpc) is 3.02. The largest absolute Gasteiger partial charge is 0.489 e. The number of nitrogens with zero attached hydrogens (tertiary/aromatic N) is 5. The molecule has 2 bridgehead atoms. The standard InChI is InChI=1S/C25H25ClF2N4O3.C9H20N2O/c1-4-21(34)31-11-15(3)32(12-14(31)2)25-18-10-19(26)22(17-6-5-16(27)9-20(17)28)24(23(18)30-13-33)35-8-7-29-25;1-4-5-11(8-9-12)7-6-10(2)3/h4-6,9-10,13-15H,1,7-8,11-12H2,2-3H3,(H,30,33);9H,4-8H2,1-3H3/t14-,15?;/m1./s1. The molecule has 0 spiro atoms. The van der Waals surface area contributed by atoms with Gasteiger partial charge in [-0.1, -0.05) is 25.1 Å². The van der Waals surface area contributed by atoms with Crippen LogP contribution in [0.4, 0.5) is 14.5 Å². The van der Waals surface area contributed by atoms with Crippen molar-refractivity contribution in [3.05, 3.63) is 59.1 Å². The Bertz CT molecular complexity index is 1460. The van der Waals surface area contributed by atoms with Crippen LogP contribution in [0.3, 0.4) is 0 Å². The normalized spacial score (nSPS) is 17.5. The number of amides is 2. The summed E-state index contributed by atoms with van der Waals surface area (Å²) in [5.41, 5.74) is 1.04. The molecule has 2 aromatic rings. The van der Waals surface area contributed by atoms with Crippen molar-refractivity contribution in [2.45, 2.75) is 39.3 Å². The number of piperazine rings is 1. The minimum absolute atomic E-state index is 0.0458. The van der Waals surface area contributed by atoms with E-state index < -0.39 is 11.6 Å². The molecule has 0 aromatic heterocycles. The minimum Gasteiger partial charge on any atom is -0.489 e. The van der Waals surface area contributed by atoms with Crippen LogP contribution in [0, 0.1) is 11.6 Å². The zero-order valence-corrected chi connectivity index (χ0v) is 28.5. The maximum absolute atomic E-state index is 14.7. The van der Waals surface area contributed by atoms with E-state index in [0.29, 0.717) is 44.0 Å². The van der Waals surface area contributed by atoms with Crippen LogP contribution < -0.4 is 10.1 Å². The summed E-state index contributed by atoms with van der Waals surface area (Å²) >= 11 is 6.65. The van der Waals surface area contributed by atoms with E-state index in [0.717, 1.165) is 44.5 Å². The van der Waals surface area contributed by atoms with Crippen molar-refractivity contribution in [2.24, 2.45) is 4.99 Å². The van der Waals surface area contributed by atoms with Crippen molar-refractivity contribution in [3.8, 4) is 16.9 Å². The van der Waals surface area contributed by atoms with Gasteiger partial charge in [-0.05, 0) is 65.2 Å². The predicted molar refractivity (Wildman–Crippen MR) is 182 cm³/mol. The third-order valence-electron chi connectivity index (χ3n) is 7.93. The van der Waals surface area contributed by atoms with Gasteiger partial charge in [0, 0.05) is 61.0 Å². The molecule has 2 heterocycles. The number of carbonyl (C=O) groups excluding carboxylic acids is 3. The molecule has 4 rings (SSSR count). The summed E-state index contributed by atoms with van der Waals surface area (Å²) in [6.45, 7) is 14.6. The Morgan fingerprint density at radius 3 is 2.49 bits per heavy atom. The van der Waals surface area contributed by atoms with Gasteiger partial charge < -0.3 is 29.5 Å². The first kappa shape index (κ1) is 37.6. The first-order valence-corrected chi connectivity index (χ1v) is 16.0. The Morgan fingerprint density at radius 1 is 1.13 bits per heavy atom. The first-order chi connectivity index (χ1) is 22.5. The second-order valence-electron chi connectivity index (χ2n) is 11.7.